The smallest absolute Gasteiger partial charge is 0.356 e. The lowest BCUT2D eigenvalue weighted by molar-refractivity contribution is 0.0594. The van der Waals surface area contributed by atoms with Crippen LogP contribution in [-0.2, 0) is 11.3 Å². The first-order valence-corrected chi connectivity index (χ1v) is 9.80. The number of rotatable bonds is 7. The summed E-state index contributed by atoms with van der Waals surface area (Å²) < 4.78 is 23.2. The minimum absolute atomic E-state index is 0.0813. The van der Waals surface area contributed by atoms with Crippen LogP contribution in [0.3, 0.4) is 0 Å². The minimum atomic E-state index is -0.601. The zero-order valence-corrected chi connectivity index (χ0v) is 18.2. The molecule has 0 unspecified atom stereocenters. The predicted molar refractivity (Wildman–Crippen MR) is 119 cm³/mol. The molecule has 2 aromatic heterocycles. The van der Waals surface area contributed by atoms with Crippen LogP contribution in [-0.4, -0.2) is 50.2 Å². The molecule has 32 heavy (non-hydrogen) atoms. The topological polar surface area (TPSA) is 88.9 Å². The van der Waals surface area contributed by atoms with Crippen LogP contribution in [0, 0.1) is 0 Å². The molecule has 0 N–H and O–H groups in total. The highest BCUT2D eigenvalue weighted by atomic mass is 16.5. The van der Waals surface area contributed by atoms with Crippen LogP contribution in [0.4, 0.5) is 0 Å². The summed E-state index contributed by atoms with van der Waals surface area (Å²) in [5, 5.41) is 1.64. The molecule has 4 aromatic rings. The maximum absolute atomic E-state index is 12.1. The number of para-hydroxylation sites is 1. The first kappa shape index (κ1) is 21.2. The maximum atomic E-state index is 12.1. The number of aromatic nitrogens is 2. The molecule has 0 spiro atoms. The SMILES string of the molecule is COC(=O)c1cc2c3ccccc3n(Cc3cc(OC)c(OC)c(OC)c3)c2c(C=O)n1. The predicted octanol–water partition coefficient (Wildman–Crippen LogP) is 3.86. The van der Waals surface area contributed by atoms with Crippen molar-refractivity contribution in [1.29, 1.82) is 0 Å². The summed E-state index contributed by atoms with van der Waals surface area (Å²) in [6.07, 6.45) is 0.652. The summed E-state index contributed by atoms with van der Waals surface area (Å²) >= 11 is 0. The van der Waals surface area contributed by atoms with Crippen LogP contribution in [0.25, 0.3) is 21.8 Å². The van der Waals surface area contributed by atoms with Gasteiger partial charge in [-0.25, -0.2) is 9.78 Å². The van der Waals surface area contributed by atoms with Crippen LogP contribution in [0.1, 0.15) is 26.5 Å². The molecule has 164 valence electrons. The van der Waals surface area contributed by atoms with E-state index >= 15 is 0 Å². The standard InChI is InChI=1S/C24H22N2O6/c1-29-20-9-14(10-21(30-2)23(20)31-3)12-26-19-8-6-5-7-15(19)16-11-17(24(28)32-4)25-18(13-27)22(16)26/h5-11,13H,12H2,1-4H3. The van der Waals surface area contributed by atoms with E-state index in [1.807, 2.05) is 41.0 Å². The van der Waals surface area contributed by atoms with Crippen LogP contribution in [0.2, 0.25) is 0 Å². The Morgan fingerprint density at radius 1 is 0.969 bits per heavy atom. The van der Waals surface area contributed by atoms with Gasteiger partial charge in [0.2, 0.25) is 5.75 Å². The van der Waals surface area contributed by atoms with E-state index < -0.39 is 5.97 Å². The molecule has 0 aliphatic carbocycles. The van der Waals surface area contributed by atoms with E-state index in [0.717, 1.165) is 21.9 Å². The summed E-state index contributed by atoms with van der Waals surface area (Å²) in [7, 11) is 5.95. The van der Waals surface area contributed by atoms with E-state index in [9.17, 15) is 9.59 Å². The van der Waals surface area contributed by atoms with Crippen molar-refractivity contribution < 1.29 is 28.5 Å². The molecule has 4 rings (SSSR count). The van der Waals surface area contributed by atoms with Gasteiger partial charge in [-0.2, -0.15) is 0 Å². The quantitative estimate of drug-likeness (QED) is 0.322. The van der Waals surface area contributed by atoms with Crippen molar-refractivity contribution in [2.75, 3.05) is 28.4 Å². The molecule has 8 heteroatoms. The number of pyridine rings is 1. The number of nitrogens with zero attached hydrogens (tertiary/aromatic N) is 2. The molecule has 0 bridgehead atoms. The van der Waals surface area contributed by atoms with Gasteiger partial charge in [0.05, 0.1) is 34.0 Å². The summed E-state index contributed by atoms with van der Waals surface area (Å²) in [5.74, 6) is 0.962. The Balaban J connectivity index is 1.99. The van der Waals surface area contributed by atoms with Crippen molar-refractivity contribution in [2.45, 2.75) is 6.54 Å². The van der Waals surface area contributed by atoms with Gasteiger partial charge >= 0.3 is 5.97 Å². The first-order chi connectivity index (χ1) is 15.6. The van der Waals surface area contributed by atoms with Crippen LogP contribution >= 0.6 is 0 Å². The fraction of sp³-hybridized carbons (Fsp3) is 0.208. The fourth-order valence-corrected chi connectivity index (χ4v) is 3.97. The second-order valence-corrected chi connectivity index (χ2v) is 7.04. The van der Waals surface area contributed by atoms with Crippen molar-refractivity contribution in [3.8, 4) is 17.2 Å². The Kier molecular flexibility index (Phi) is 5.68. The largest absolute Gasteiger partial charge is 0.493 e. The number of carbonyl (C=O) groups is 2. The van der Waals surface area contributed by atoms with Gasteiger partial charge in [-0.05, 0) is 29.8 Å². The lowest BCUT2D eigenvalue weighted by atomic mass is 10.1. The molecule has 0 amide bonds. The molecule has 0 fully saturated rings. The average Bonchev–Trinajstić information content (AvgIpc) is 3.15. The van der Waals surface area contributed by atoms with Crippen LogP contribution in [0.15, 0.2) is 42.5 Å². The summed E-state index contributed by atoms with van der Waals surface area (Å²) in [5.41, 5.74) is 2.63. The van der Waals surface area contributed by atoms with Gasteiger partial charge in [0, 0.05) is 22.8 Å². The van der Waals surface area contributed by atoms with E-state index in [1.165, 1.54) is 7.11 Å². The number of aldehydes is 1. The number of fused-ring (bicyclic) bond motifs is 3. The molecule has 0 radical (unpaired) electrons. The van der Waals surface area contributed by atoms with Gasteiger partial charge in [0.1, 0.15) is 11.4 Å². The highest BCUT2D eigenvalue weighted by molar-refractivity contribution is 6.13. The van der Waals surface area contributed by atoms with Crippen molar-refractivity contribution in [1.82, 2.24) is 9.55 Å². The first-order valence-electron chi connectivity index (χ1n) is 9.80. The third kappa shape index (κ3) is 3.39. The zero-order chi connectivity index (χ0) is 22.8. The van der Waals surface area contributed by atoms with Gasteiger partial charge in [-0.15, -0.1) is 0 Å². The molecule has 0 aliphatic heterocycles. The zero-order valence-electron chi connectivity index (χ0n) is 18.2. The van der Waals surface area contributed by atoms with E-state index in [0.29, 0.717) is 35.6 Å². The third-order valence-corrected chi connectivity index (χ3v) is 5.35. The van der Waals surface area contributed by atoms with E-state index in [2.05, 4.69) is 4.98 Å². The van der Waals surface area contributed by atoms with Gasteiger partial charge in [0.25, 0.3) is 0 Å². The Hall–Kier alpha value is -4.07. The Morgan fingerprint density at radius 3 is 2.25 bits per heavy atom. The molecule has 8 nitrogen and oxygen atoms in total. The van der Waals surface area contributed by atoms with Crippen LogP contribution in [0.5, 0.6) is 17.2 Å². The number of hydrogen-bond donors (Lipinski definition) is 0. The average molecular weight is 434 g/mol. The number of carbonyl (C=O) groups excluding carboxylic acids is 2. The molecular weight excluding hydrogens is 412 g/mol. The number of benzene rings is 2. The summed E-state index contributed by atoms with van der Waals surface area (Å²) in [4.78, 5) is 28.3. The maximum Gasteiger partial charge on any atom is 0.356 e. The Bertz CT molecular complexity index is 1320. The number of hydrogen-bond acceptors (Lipinski definition) is 7. The molecule has 0 atom stereocenters. The lowest BCUT2D eigenvalue weighted by Gasteiger charge is -2.15. The van der Waals surface area contributed by atoms with Gasteiger partial charge in [-0.3, -0.25) is 4.79 Å². The number of ether oxygens (including phenoxy) is 4. The molecule has 0 aliphatic rings. The van der Waals surface area contributed by atoms with Crippen molar-refractivity contribution >= 4 is 34.1 Å². The highest BCUT2D eigenvalue weighted by Gasteiger charge is 2.20. The second-order valence-electron chi connectivity index (χ2n) is 7.04. The fourth-order valence-electron chi connectivity index (χ4n) is 3.97. The molecule has 0 saturated carbocycles. The van der Waals surface area contributed by atoms with Crippen molar-refractivity contribution in [2.24, 2.45) is 0 Å². The molecule has 2 heterocycles. The van der Waals surface area contributed by atoms with Crippen LogP contribution < -0.4 is 14.2 Å². The van der Waals surface area contributed by atoms with E-state index in [1.54, 1.807) is 27.4 Å². The summed E-state index contributed by atoms with van der Waals surface area (Å²) in [6, 6.07) is 13.1. The molecular formula is C24H22N2O6. The van der Waals surface area contributed by atoms with E-state index in [-0.39, 0.29) is 11.4 Å². The van der Waals surface area contributed by atoms with E-state index in [4.69, 9.17) is 18.9 Å². The van der Waals surface area contributed by atoms with Gasteiger partial charge in [-0.1, -0.05) is 18.2 Å². The van der Waals surface area contributed by atoms with Crippen molar-refractivity contribution in [3.05, 3.63) is 59.4 Å². The molecule has 2 aromatic carbocycles. The van der Waals surface area contributed by atoms with Gasteiger partial charge < -0.3 is 23.5 Å². The van der Waals surface area contributed by atoms with Gasteiger partial charge in [0.15, 0.2) is 17.8 Å². The number of esters is 1. The normalized spacial score (nSPS) is 10.9. The monoisotopic (exact) mass is 434 g/mol. The lowest BCUT2D eigenvalue weighted by Crippen LogP contribution is -2.08. The Labute approximate surface area is 184 Å². The Morgan fingerprint density at radius 2 is 1.66 bits per heavy atom. The second kappa shape index (κ2) is 8.58. The third-order valence-electron chi connectivity index (χ3n) is 5.35. The van der Waals surface area contributed by atoms with Crippen molar-refractivity contribution in [3.63, 3.8) is 0 Å². The highest BCUT2D eigenvalue weighted by Crippen LogP contribution is 2.39. The number of methoxy groups -OCH3 is 4. The summed E-state index contributed by atoms with van der Waals surface area (Å²) in [6.45, 7) is 0.404. The molecule has 0 saturated heterocycles. The minimum Gasteiger partial charge on any atom is -0.493 e.